The van der Waals surface area contributed by atoms with Gasteiger partial charge < -0.3 is 5.73 Å². The molecule has 0 radical (unpaired) electrons. The first kappa shape index (κ1) is 8.49. The summed E-state index contributed by atoms with van der Waals surface area (Å²) in [6, 6.07) is 8.85. The third kappa shape index (κ3) is 1.12. The molecule has 1 aromatic rings. The highest BCUT2D eigenvalue weighted by Crippen LogP contribution is 2.52. The summed E-state index contributed by atoms with van der Waals surface area (Å²) in [5.41, 5.74) is 9.52. The highest BCUT2D eigenvalue weighted by molar-refractivity contribution is 5.35. The number of fused-ring (bicyclic) bond motifs is 1. The van der Waals surface area contributed by atoms with Gasteiger partial charge in [-0.05, 0) is 54.7 Å². The average Bonchev–Trinajstić information content (AvgIpc) is 2.99. The van der Waals surface area contributed by atoms with E-state index in [2.05, 4.69) is 24.3 Å². The summed E-state index contributed by atoms with van der Waals surface area (Å²) < 4.78 is 0. The zero-order valence-electron chi connectivity index (χ0n) is 8.50. The van der Waals surface area contributed by atoms with E-state index in [1.807, 2.05) is 0 Å². The number of benzene rings is 1. The van der Waals surface area contributed by atoms with Crippen molar-refractivity contribution in [3.05, 3.63) is 35.4 Å². The van der Waals surface area contributed by atoms with Crippen molar-refractivity contribution >= 4 is 0 Å². The lowest BCUT2D eigenvalue weighted by Gasteiger charge is -2.26. The van der Waals surface area contributed by atoms with Crippen molar-refractivity contribution in [3.8, 4) is 0 Å². The van der Waals surface area contributed by atoms with Crippen LogP contribution in [0, 0.1) is 11.3 Å². The van der Waals surface area contributed by atoms with Crippen molar-refractivity contribution in [2.75, 3.05) is 6.54 Å². The molecule has 1 fully saturated rings. The lowest BCUT2D eigenvalue weighted by Crippen LogP contribution is -2.33. The quantitative estimate of drug-likeness (QED) is 0.754. The Labute approximate surface area is 85.3 Å². The Kier molecular flexibility index (Phi) is 1.72. The molecule has 1 heteroatoms. The van der Waals surface area contributed by atoms with Gasteiger partial charge in [0.2, 0.25) is 0 Å². The van der Waals surface area contributed by atoms with Gasteiger partial charge in [0.05, 0.1) is 0 Å². The normalized spacial score (nSPS) is 23.5. The van der Waals surface area contributed by atoms with Crippen LogP contribution in [0.5, 0.6) is 0 Å². The molecule has 0 bridgehead atoms. The predicted molar refractivity (Wildman–Crippen MR) is 58.1 cm³/mol. The molecule has 0 unspecified atom stereocenters. The first-order valence-electron chi connectivity index (χ1n) is 5.61. The molecule has 0 saturated heterocycles. The van der Waals surface area contributed by atoms with Gasteiger partial charge >= 0.3 is 0 Å². The summed E-state index contributed by atoms with van der Waals surface area (Å²) in [5, 5.41) is 0. The summed E-state index contributed by atoms with van der Waals surface area (Å²) in [7, 11) is 0. The first-order chi connectivity index (χ1) is 6.84. The highest BCUT2D eigenvalue weighted by atomic mass is 14.7. The predicted octanol–water partition coefficient (Wildman–Crippen LogP) is 2.14. The van der Waals surface area contributed by atoms with Crippen LogP contribution in [-0.4, -0.2) is 6.54 Å². The van der Waals surface area contributed by atoms with Crippen LogP contribution in [0.1, 0.15) is 24.0 Å². The van der Waals surface area contributed by atoms with Crippen LogP contribution in [0.4, 0.5) is 0 Å². The zero-order valence-corrected chi connectivity index (χ0v) is 8.50. The third-order valence-electron chi connectivity index (χ3n) is 4.05. The summed E-state index contributed by atoms with van der Waals surface area (Å²) in [5.74, 6) is 0.917. The van der Waals surface area contributed by atoms with E-state index >= 15 is 0 Å². The molecular weight excluding hydrogens is 170 g/mol. The van der Waals surface area contributed by atoms with Gasteiger partial charge in [-0.3, -0.25) is 0 Å². The monoisotopic (exact) mass is 187 g/mol. The van der Waals surface area contributed by atoms with Crippen LogP contribution in [0.25, 0.3) is 0 Å². The fourth-order valence-corrected chi connectivity index (χ4v) is 3.02. The van der Waals surface area contributed by atoms with Crippen molar-refractivity contribution in [2.24, 2.45) is 17.1 Å². The van der Waals surface area contributed by atoms with E-state index in [4.69, 9.17) is 5.73 Å². The molecule has 0 atom stereocenters. The Morgan fingerprint density at radius 3 is 2.14 bits per heavy atom. The van der Waals surface area contributed by atoms with Crippen LogP contribution >= 0.6 is 0 Å². The molecule has 0 spiro atoms. The number of hydrogen-bond donors (Lipinski definition) is 1. The molecule has 0 aromatic heterocycles. The van der Waals surface area contributed by atoms with Gasteiger partial charge in [-0.15, -0.1) is 0 Å². The topological polar surface area (TPSA) is 26.0 Å². The molecule has 74 valence electrons. The lowest BCUT2D eigenvalue weighted by molar-refractivity contribution is 0.266. The minimum atomic E-state index is 0.434. The van der Waals surface area contributed by atoms with Crippen molar-refractivity contribution in [1.29, 1.82) is 0 Å². The van der Waals surface area contributed by atoms with Gasteiger partial charge in [-0.1, -0.05) is 24.3 Å². The van der Waals surface area contributed by atoms with Gasteiger partial charge in [0, 0.05) is 0 Å². The molecule has 1 saturated carbocycles. The van der Waals surface area contributed by atoms with Crippen molar-refractivity contribution in [2.45, 2.75) is 25.7 Å². The smallest absolute Gasteiger partial charge is 0.00115 e. The van der Waals surface area contributed by atoms with Crippen molar-refractivity contribution in [3.63, 3.8) is 0 Å². The second-order valence-corrected chi connectivity index (χ2v) is 4.96. The molecular formula is C13H17N. The number of nitrogens with two attached hydrogens (primary N) is 1. The maximum absolute atomic E-state index is 5.99. The molecule has 14 heavy (non-hydrogen) atoms. The minimum absolute atomic E-state index is 0.434. The molecule has 0 aliphatic heterocycles. The number of rotatable bonds is 2. The largest absolute Gasteiger partial charge is 0.330 e. The molecule has 2 aliphatic rings. The van der Waals surface area contributed by atoms with Crippen molar-refractivity contribution < 1.29 is 0 Å². The highest BCUT2D eigenvalue weighted by Gasteiger charge is 2.47. The molecule has 2 aliphatic carbocycles. The fourth-order valence-electron chi connectivity index (χ4n) is 3.02. The Morgan fingerprint density at radius 1 is 1.14 bits per heavy atom. The molecule has 1 nitrogen and oxygen atoms in total. The van der Waals surface area contributed by atoms with Crippen molar-refractivity contribution in [1.82, 2.24) is 0 Å². The molecule has 2 N–H and O–H groups in total. The second kappa shape index (κ2) is 2.83. The molecule has 0 amide bonds. The maximum Gasteiger partial charge on any atom is -0.00115 e. The van der Waals surface area contributed by atoms with E-state index in [-0.39, 0.29) is 0 Å². The first-order valence-corrected chi connectivity index (χ1v) is 5.61. The summed E-state index contributed by atoms with van der Waals surface area (Å²) in [6.45, 7) is 0.867. The molecule has 3 rings (SSSR count). The fraction of sp³-hybridized carbons (Fsp3) is 0.538. The zero-order chi connectivity index (χ0) is 9.60. The van der Waals surface area contributed by atoms with E-state index in [0.29, 0.717) is 5.41 Å². The van der Waals surface area contributed by atoms with E-state index < -0.39 is 0 Å². The maximum atomic E-state index is 5.99. The van der Waals surface area contributed by atoms with E-state index in [1.54, 1.807) is 11.1 Å². The summed E-state index contributed by atoms with van der Waals surface area (Å²) in [4.78, 5) is 0. The van der Waals surface area contributed by atoms with Crippen LogP contribution in [0.2, 0.25) is 0 Å². The Morgan fingerprint density at radius 2 is 1.71 bits per heavy atom. The van der Waals surface area contributed by atoms with Gasteiger partial charge in [0.15, 0.2) is 0 Å². The van der Waals surface area contributed by atoms with Gasteiger partial charge in [0.25, 0.3) is 0 Å². The van der Waals surface area contributed by atoms with E-state index in [0.717, 1.165) is 12.5 Å². The third-order valence-corrected chi connectivity index (χ3v) is 4.05. The van der Waals surface area contributed by atoms with Gasteiger partial charge in [-0.2, -0.15) is 0 Å². The van der Waals surface area contributed by atoms with Crippen LogP contribution < -0.4 is 5.73 Å². The van der Waals surface area contributed by atoms with Crippen LogP contribution in [0.15, 0.2) is 24.3 Å². The van der Waals surface area contributed by atoms with E-state index in [1.165, 1.54) is 25.7 Å². The van der Waals surface area contributed by atoms with Gasteiger partial charge in [-0.25, -0.2) is 0 Å². The lowest BCUT2D eigenvalue weighted by atomic mass is 9.80. The SMILES string of the molecule is NCC1(C2CC2)Cc2ccccc2C1. The Hall–Kier alpha value is -0.820. The number of hydrogen-bond acceptors (Lipinski definition) is 1. The summed E-state index contributed by atoms with van der Waals surface area (Å²) >= 11 is 0. The minimum Gasteiger partial charge on any atom is -0.330 e. The Balaban J connectivity index is 1.95. The average molecular weight is 187 g/mol. The Bertz CT molecular complexity index is 327. The molecule has 1 aromatic carbocycles. The summed E-state index contributed by atoms with van der Waals surface area (Å²) in [6.07, 6.45) is 5.27. The van der Waals surface area contributed by atoms with E-state index in [9.17, 15) is 0 Å². The van der Waals surface area contributed by atoms with Crippen LogP contribution in [-0.2, 0) is 12.8 Å². The standard InChI is InChI=1S/C13H17N/c14-9-13(12-5-6-12)7-10-3-1-2-4-11(10)8-13/h1-4,12H,5-9,14H2. The van der Waals surface area contributed by atoms with Gasteiger partial charge in [0.1, 0.15) is 0 Å². The second-order valence-electron chi connectivity index (χ2n) is 4.96. The van der Waals surface area contributed by atoms with Crippen LogP contribution in [0.3, 0.4) is 0 Å². The molecule has 0 heterocycles.